The highest BCUT2D eigenvalue weighted by Gasteiger charge is 2.21. The maximum absolute atomic E-state index is 11.9. The van der Waals surface area contributed by atoms with Crippen LogP contribution in [0.2, 0.25) is 0 Å². The van der Waals surface area contributed by atoms with Gasteiger partial charge in [-0.2, -0.15) is 0 Å². The van der Waals surface area contributed by atoms with Gasteiger partial charge in [0.2, 0.25) is 0 Å². The summed E-state index contributed by atoms with van der Waals surface area (Å²) in [4.78, 5) is 25.7. The third-order valence-electron chi connectivity index (χ3n) is 3.48. The fourth-order valence-corrected chi connectivity index (χ4v) is 2.24. The number of nitrogens with one attached hydrogen (secondary N) is 2. The SMILES string of the molecule is Cc1cc(NC(=O)C(=O)NC[C@@H](c2cccn2C)N(C)C)no1. The minimum Gasteiger partial charge on any atom is -0.360 e. The number of likely N-dealkylation sites (N-methyl/N-ethyl adjacent to an activating group) is 1. The fraction of sp³-hybridized carbons (Fsp3) is 0.400. The molecule has 1 atom stereocenters. The number of aryl methyl sites for hydroxylation is 2. The van der Waals surface area contributed by atoms with Crippen LogP contribution < -0.4 is 10.6 Å². The van der Waals surface area contributed by atoms with Crippen molar-refractivity contribution < 1.29 is 14.1 Å². The van der Waals surface area contributed by atoms with Gasteiger partial charge in [0.15, 0.2) is 5.82 Å². The van der Waals surface area contributed by atoms with Crippen LogP contribution in [0.15, 0.2) is 28.9 Å². The third-order valence-corrected chi connectivity index (χ3v) is 3.48. The lowest BCUT2D eigenvalue weighted by Crippen LogP contribution is -2.40. The van der Waals surface area contributed by atoms with E-state index in [1.807, 2.05) is 48.9 Å². The number of hydrogen-bond acceptors (Lipinski definition) is 5. The van der Waals surface area contributed by atoms with Gasteiger partial charge in [-0.25, -0.2) is 0 Å². The Labute approximate surface area is 134 Å². The van der Waals surface area contributed by atoms with Crippen molar-refractivity contribution in [2.45, 2.75) is 13.0 Å². The molecule has 0 spiro atoms. The van der Waals surface area contributed by atoms with Crippen LogP contribution in [0.1, 0.15) is 17.5 Å². The van der Waals surface area contributed by atoms with E-state index in [0.717, 1.165) is 5.69 Å². The summed E-state index contributed by atoms with van der Waals surface area (Å²) in [6, 6.07) is 5.42. The zero-order chi connectivity index (χ0) is 17.0. The number of hydrogen-bond donors (Lipinski definition) is 2. The summed E-state index contributed by atoms with van der Waals surface area (Å²) in [5.74, 6) is -0.722. The fourth-order valence-electron chi connectivity index (χ4n) is 2.24. The summed E-state index contributed by atoms with van der Waals surface area (Å²) in [5.41, 5.74) is 1.04. The molecule has 0 saturated heterocycles. The van der Waals surface area contributed by atoms with Gasteiger partial charge in [-0.1, -0.05) is 5.16 Å². The number of aromatic nitrogens is 2. The predicted molar refractivity (Wildman–Crippen MR) is 84.7 cm³/mol. The molecule has 0 fully saturated rings. The smallest absolute Gasteiger partial charge is 0.314 e. The van der Waals surface area contributed by atoms with Gasteiger partial charge >= 0.3 is 11.8 Å². The Morgan fingerprint density at radius 2 is 2.13 bits per heavy atom. The monoisotopic (exact) mass is 319 g/mol. The average molecular weight is 319 g/mol. The molecule has 23 heavy (non-hydrogen) atoms. The molecule has 0 saturated carbocycles. The Kier molecular flexibility index (Phi) is 5.17. The minimum absolute atomic E-state index is 0.0407. The van der Waals surface area contributed by atoms with E-state index in [-0.39, 0.29) is 11.9 Å². The van der Waals surface area contributed by atoms with Crippen molar-refractivity contribution in [1.82, 2.24) is 19.9 Å². The Morgan fingerprint density at radius 1 is 1.39 bits per heavy atom. The number of nitrogens with zero attached hydrogens (tertiary/aromatic N) is 3. The van der Waals surface area contributed by atoms with Gasteiger partial charge in [-0.3, -0.25) is 19.8 Å². The average Bonchev–Trinajstić information content (AvgIpc) is 3.08. The lowest BCUT2D eigenvalue weighted by molar-refractivity contribution is -0.136. The largest absolute Gasteiger partial charge is 0.360 e. The topological polar surface area (TPSA) is 92.4 Å². The standard InChI is InChI=1S/C15H21N5O3/c1-10-8-13(18-23-10)17-15(22)14(21)16-9-12(19(2)3)11-6-5-7-20(11)4/h5-8,12H,9H2,1-4H3,(H,16,21)(H,17,18,22)/t12-/m0/s1. The quantitative estimate of drug-likeness (QED) is 0.791. The van der Waals surface area contributed by atoms with E-state index in [1.165, 1.54) is 6.07 Å². The van der Waals surface area contributed by atoms with Crippen LogP contribution in [0.5, 0.6) is 0 Å². The molecule has 8 heteroatoms. The van der Waals surface area contributed by atoms with Crippen molar-refractivity contribution in [2.75, 3.05) is 26.0 Å². The number of carbonyl (C=O) groups is 2. The highest BCUT2D eigenvalue weighted by molar-refractivity contribution is 6.39. The predicted octanol–water partition coefficient (Wildman–Crippen LogP) is 0.679. The first-order valence-electron chi connectivity index (χ1n) is 7.18. The van der Waals surface area contributed by atoms with Crippen LogP contribution in [-0.4, -0.2) is 47.1 Å². The second kappa shape index (κ2) is 7.10. The van der Waals surface area contributed by atoms with Gasteiger partial charge in [-0.15, -0.1) is 0 Å². The summed E-state index contributed by atoms with van der Waals surface area (Å²) in [5, 5.41) is 8.64. The van der Waals surface area contributed by atoms with Crippen molar-refractivity contribution in [3.8, 4) is 0 Å². The zero-order valence-corrected chi connectivity index (χ0v) is 13.7. The molecule has 2 heterocycles. The van der Waals surface area contributed by atoms with Crippen molar-refractivity contribution in [1.29, 1.82) is 0 Å². The molecule has 2 amide bonds. The van der Waals surface area contributed by atoms with Gasteiger partial charge in [0.05, 0.1) is 6.04 Å². The van der Waals surface area contributed by atoms with Gasteiger partial charge in [0.1, 0.15) is 5.76 Å². The molecule has 0 aliphatic carbocycles. The first-order valence-corrected chi connectivity index (χ1v) is 7.18. The number of amides is 2. The van der Waals surface area contributed by atoms with Gasteiger partial charge in [0.25, 0.3) is 0 Å². The molecule has 2 rings (SSSR count). The molecule has 0 unspecified atom stereocenters. The highest BCUT2D eigenvalue weighted by atomic mass is 16.5. The summed E-state index contributed by atoms with van der Waals surface area (Å²) in [6.07, 6.45) is 1.94. The van der Waals surface area contributed by atoms with E-state index in [9.17, 15) is 9.59 Å². The summed E-state index contributed by atoms with van der Waals surface area (Å²) >= 11 is 0. The van der Waals surface area contributed by atoms with E-state index in [0.29, 0.717) is 12.3 Å². The third kappa shape index (κ3) is 4.19. The maximum Gasteiger partial charge on any atom is 0.314 e. The summed E-state index contributed by atoms with van der Waals surface area (Å²) in [7, 11) is 5.78. The number of anilines is 1. The maximum atomic E-state index is 11.9. The first-order chi connectivity index (χ1) is 10.9. The molecule has 2 N–H and O–H groups in total. The molecule has 0 aromatic carbocycles. The first kappa shape index (κ1) is 16.8. The minimum atomic E-state index is -0.775. The van der Waals surface area contributed by atoms with Crippen LogP contribution in [0.4, 0.5) is 5.82 Å². The van der Waals surface area contributed by atoms with Crippen molar-refractivity contribution in [2.24, 2.45) is 7.05 Å². The van der Waals surface area contributed by atoms with Crippen LogP contribution >= 0.6 is 0 Å². The summed E-state index contributed by atoms with van der Waals surface area (Å²) < 4.78 is 6.81. The van der Waals surface area contributed by atoms with E-state index in [2.05, 4.69) is 15.8 Å². The normalized spacial score (nSPS) is 12.2. The lowest BCUT2D eigenvalue weighted by Gasteiger charge is -2.25. The molecule has 0 aliphatic rings. The van der Waals surface area contributed by atoms with E-state index < -0.39 is 11.8 Å². The summed E-state index contributed by atoms with van der Waals surface area (Å²) in [6.45, 7) is 2.01. The van der Waals surface area contributed by atoms with Crippen molar-refractivity contribution in [3.63, 3.8) is 0 Å². The van der Waals surface area contributed by atoms with Crippen LogP contribution in [-0.2, 0) is 16.6 Å². The molecule has 2 aromatic heterocycles. The Hall–Kier alpha value is -2.61. The Bertz CT molecular complexity index is 689. The Balaban J connectivity index is 1.93. The van der Waals surface area contributed by atoms with Crippen LogP contribution in [0, 0.1) is 6.92 Å². The van der Waals surface area contributed by atoms with Crippen LogP contribution in [0.3, 0.4) is 0 Å². The molecule has 8 nitrogen and oxygen atoms in total. The second-order valence-electron chi connectivity index (χ2n) is 5.51. The molecule has 0 bridgehead atoms. The van der Waals surface area contributed by atoms with E-state index >= 15 is 0 Å². The molecule has 0 aliphatic heterocycles. The van der Waals surface area contributed by atoms with Crippen molar-refractivity contribution in [3.05, 3.63) is 35.9 Å². The zero-order valence-electron chi connectivity index (χ0n) is 13.7. The number of carbonyl (C=O) groups excluding carboxylic acids is 2. The van der Waals surface area contributed by atoms with Gasteiger partial charge in [0, 0.05) is 31.5 Å². The lowest BCUT2D eigenvalue weighted by atomic mass is 10.2. The van der Waals surface area contributed by atoms with Crippen LogP contribution in [0.25, 0.3) is 0 Å². The van der Waals surface area contributed by atoms with Gasteiger partial charge < -0.3 is 14.4 Å². The molecular weight excluding hydrogens is 298 g/mol. The van der Waals surface area contributed by atoms with Gasteiger partial charge in [-0.05, 0) is 33.2 Å². The molecule has 0 radical (unpaired) electrons. The number of rotatable bonds is 5. The Morgan fingerprint density at radius 3 is 2.65 bits per heavy atom. The molecule has 2 aromatic rings. The van der Waals surface area contributed by atoms with Crippen molar-refractivity contribution >= 4 is 17.6 Å². The highest BCUT2D eigenvalue weighted by Crippen LogP contribution is 2.17. The molecular formula is C15H21N5O3. The van der Waals surface area contributed by atoms with E-state index in [1.54, 1.807) is 6.92 Å². The van der Waals surface area contributed by atoms with E-state index in [4.69, 9.17) is 4.52 Å². The molecule has 124 valence electrons. The second-order valence-corrected chi connectivity index (χ2v) is 5.51.